The lowest BCUT2D eigenvalue weighted by Gasteiger charge is -2.20. The molecule has 1 atom stereocenters. The number of ether oxygens (including phenoxy) is 2. The van der Waals surface area contributed by atoms with E-state index in [2.05, 4.69) is 31.3 Å². The van der Waals surface area contributed by atoms with E-state index in [0.29, 0.717) is 23.7 Å². The molecule has 0 heterocycles. The van der Waals surface area contributed by atoms with Crippen molar-refractivity contribution in [1.29, 1.82) is 0 Å². The number of hydrogen-bond donors (Lipinski definition) is 2. The van der Waals surface area contributed by atoms with Crippen molar-refractivity contribution in [1.82, 2.24) is 5.32 Å². The predicted molar refractivity (Wildman–Crippen MR) is 130 cm³/mol. The summed E-state index contributed by atoms with van der Waals surface area (Å²) in [6, 6.07) is 10.8. The van der Waals surface area contributed by atoms with Crippen LogP contribution in [0.5, 0.6) is 11.5 Å². The lowest BCUT2D eigenvalue weighted by molar-refractivity contribution is -0.124. The maximum absolute atomic E-state index is 12.8. The van der Waals surface area contributed by atoms with Crippen LogP contribution in [0.2, 0.25) is 0 Å². The number of ketones is 1. The van der Waals surface area contributed by atoms with Crippen LogP contribution in [0.15, 0.2) is 54.6 Å². The fraction of sp³-hybridized carbons (Fsp3) is 0.370. The monoisotopic (exact) mass is 467 g/mol. The van der Waals surface area contributed by atoms with E-state index in [4.69, 9.17) is 9.47 Å². The summed E-state index contributed by atoms with van der Waals surface area (Å²) in [4.78, 5) is 36.9. The van der Waals surface area contributed by atoms with Crippen molar-refractivity contribution in [3.8, 4) is 11.5 Å². The average Bonchev–Trinajstić information content (AvgIpc) is 2.80. The van der Waals surface area contributed by atoms with E-state index in [-0.39, 0.29) is 35.0 Å². The van der Waals surface area contributed by atoms with Crippen LogP contribution in [0.4, 0.5) is 0 Å². The molecule has 1 amide bonds. The molecular weight excluding hydrogens is 434 g/mol. The van der Waals surface area contributed by atoms with Crippen LogP contribution >= 0.6 is 0 Å². The molecule has 2 aromatic rings. The molecule has 1 unspecified atom stereocenters. The van der Waals surface area contributed by atoms with Crippen LogP contribution in [0.25, 0.3) is 0 Å². The van der Waals surface area contributed by atoms with E-state index in [0.717, 1.165) is 12.8 Å². The number of carbonyl (C=O) groups is 3. The second-order valence-corrected chi connectivity index (χ2v) is 8.34. The zero-order valence-electron chi connectivity index (χ0n) is 20.2. The van der Waals surface area contributed by atoms with Crippen LogP contribution in [-0.2, 0) is 9.53 Å². The van der Waals surface area contributed by atoms with Crippen molar-refractivity contribution in [3.05, 3.63) is 71.3 Å². The molecule has 0 radical (unpaired) electrons. The molecular formula is C27H33NO6. The quantitative estimate of drug-likeness (QED) is 0.143. The molecule has 0 aliphatic rings. The standard InChI is InChI=1S/C27H33NO6/c1-18(2)10-7-5-6-8-13-25(31)28-26(21-11-9-12-22(16-21)33-4)34-27(32)23-15-14-20(19(3)29)17-24(23)30/h7,9-12,14-18,26,30H,5-6,8,13H2,1-4H3,(H,28,31)/b10-7+. The first kappa shape index (κ1) is 26.6. The van der Waals surface area contributed by atoms with Crippen LogP contribution < -0.4 is 10.1 Å². The van der Waals surface area contributed by atoms with E-state index < -0.39 is 12.2 Å². The number of benzene rings is 2. The van der Waals surface area contributed by atoms with Crippen molar-refractivity contribution in [3.63, 3.8) is 0 Å². The van der Waals surface area contributed by atoms with Gasteiger partial charge in [0.15, 0.2) is 5.78 Å². The maximum atomic E-state index is 12.8. The van der Waals surface area contributed by atoms with Gasteiger partial charge in [0.1, 0.15) is 17.1 Å². The minimum absolute atomic E-state index is 0.107. The molecule has 0 bridgehead atoms. The van der Waals surface area contributed by atoms with E-state index in [9.17, 15) is 19.5 Å². The number of rotatable bonds is 12. The Hall–Kier alpha value is -3.61. The third-order valence-corrected chi connectivity index (χ3v) is 5.08. The second-order valence-electron chi connectivity index (χ2n) is 8.34. The summed E-state index contributed by atoms with van der Waals surface area (Å²) in [5.41, 5.74) is 0.680. The van der Waals surface area contributed by atoms with E-state index in [1.165, 1.54) is 32.2 Å². The number of unbranched alkanes of at least 4 members (excludes halogenated alkanes) is 2. The highest BCUT2D eigenvalue weighted by atomic mass is 16.6. The molecule has 0 aliphatic carbocycles. The first-order valence-electron chi connectivity index (χ1n) is 11.4. The molecule has 0 spiro atoms. The summed E-state index contributed by atoms with van der Waals surface area (Å²) in [6.07, 6.45) is 5.92. The number of aromatic hydroxyl groups is 1. The molecule has 182 valence electrons. The zero-order valence-corrected chi connectivity index (χ0v) is 20.2. The summed E-state index contributed by atoms with van der Waals surface area (Å²) in [5.74, 6) is -0.665. The Bertz CT molecular complexity index is 1030. The topological polar surface area (TPSA) is 102 Å². The SMILES string of the molecule is COc1cccc(C(NC(=O)CCCC/C=C/C(C)C)OC(=O)c2ccc(C(C)=O)cc2O)c1. The van der Waals surface area contributed by atoms with Gasteiger partial charge < -0.3 is 19.9 Å². The summed E-state index contributed by atoms with van der Waals surface area (Å²) in [7, 11) is 1.51. The van der Waals surface area contributed by atoms with Crippen LogP contribution in [0.3, 0.4) is 0 Å². The highest BCUT2D eigenvalue weighted by Crippen LogP contribution is 2.25. The Labute approximate surface area is 200 Å². The molecule has 2 rings (SSSR count). The highest BCUT2D eigenvalue weighted by molar-refractivity contribution is 5.98. The Morgan fingerprint density at radius 2 is 1.85 bits per heavy atom. The van der Waals surface area contributed by atoms with Crippen molar-refractivity contribution in [2.45, 2.75) is 52.7 Å². The second kappa shape index (κ2) is 13.2. The van der Waals surface area contributed by atoms with Gasteiger partial charge in [-0.3, -0.25) is 9.59 Å². The lowest BCUT2D eigenvalue weighted by Crippen LogP contribution is -2.31. The molecule has 2 aromatic carbocycles. The lowest BCUT2D eigenvalue weighted by atomic mass is 10.1. The van der Waals surface area contributed by atoms with E-state index in [1.54, 1.807) is 24.3 Å². The Kier molecular flexibility index (Phi) is 10.3. The number of Topliss-reactive ketones (excluding diaryl/α,β-unsaturated/α-hetero) is 1. The normalized spacial score (nSPS) is 11.9. The van der Waals surface area contributed by atoms with Gasteiger partial charge in [-0.1, -0.05) is 44.2 Å². The maximum Gasteiger partial charge on any atom is 0.344 e. The Morgan fingerprint density at radius 1 is 1.09 bits per heavy atom. The number of nitrogens with one attached hydrogen (secondary N) is 1. The number of esters is 1. The number of phenols is 1. The van der Waals surface area contributed by atoms with Gasteiger partial charge in [-0.05, 0) is 56.4 Å². The molecule has 0 aliphatic heterocycles. The summed E-state index contributed by atoms with van der Waals surface area (Å²) in [5, 5.41) is 13.0. The molecule has 0 aromatic heterocycles. The fourth-order valence-electron chi connectivity index (χ4n) is 3.21. The molecule has 2 N–H and O–H groups in total. The van der Waals surface area contributed by atoms with Crippen LogP contribution in [0.1, 0.15) is 79.0 Å². The van der Waals surface area contributed by atoms with Gasteiger partial charge in [0.25, 0.3) is 0 Å². The molecule has 0 fully saturated rings. The third kappa shape index (κ3) is 8.39. The zero-order chi connectivity index (χ0) is 25.1. The highest BCUT2D eigenvalue weighted by Gasteiger charge is 2.23. The number of allylic oxidation sites excluding steroid dienone is 2. The first-order valence-corrected chi connectivity index (χ1v) is 11.4. The van der Waals surface area contributed by atoms with Crippen LogP contribution in [-0.4, -0.2) is 29.9 Å². The predicted octanol–water partition coefficient (Wildman–Crippen LogP) is 5.35. The van der Waals surface area contributed by atoms with Crippen molar-refractivity contribution < 1.29 is 29.0 Å². The van der Waals surface area contributed by atoms with Gasteiger partial charge in [0.2, 0.25) is 12.1 Å². The van der Waals surface area contributed by atoms with E-state index in [1.807, 2.05) is 0 Å². The molecule has 7 heteroatoms. The van der Waals surface area contributed by atoms with Crippen molar-refractivity contribution in [2.24, 2.45) is 5.92 Å². The van der Waals surface area contributed by atoms with Gasteiger partial charge >= 0.3 is 5.97 Å². The molecule has 0 saturated heterocycles. The van der Waals surface area contributed by atoms with Gasteiger partial charge in [-0.25, -0.2) is 4.79 Å². The van der Waals surface area contributed by atoms with E-state index >= 15 is 0 Å². The van der Waals surface area contributed by atoms with Gasteiger partial charge in [0.05, 0.1) is 7.11 Å². The Morgan fingerprint density at radius 3 is 2.50 bits per heavy atom. The minimum Gasteiger partial charge on any atom is -0.507 e. The summed E-state index contributed by atoms with van der Waals surface area (Å²) >= 11 is 0. The Balaban J connectivity index is 2.11. The largest absolute Gasteiger partial charge is 0.507 e. The number of phenolic OH excluding ortho intramolecular Hbond substituents is 1. The summed E-state index contributed by atoms with van der Waals surface area (Å²) in [6.45, 7) is 5.59. The van der Waals surface area contributed by atoms with Gasteiger partial charge in [-0.15, -0.1) is 0 Å². The fourth-order valence-corrected chi connectivity index (χ4v) is 3.21. The third-order valence-electron chi connectivity index (χ3n) is 5.08. The average molecular weight is 468 g/mol. The molecule has 0 saturated carbocycles. The van der Waals surface area contributed by atoms with Crippen molar-refractivity contribution >= 4 is 17.7 Å². The number of methoxy groups -OCH3 is 1. The molecule has 7 nitrogen and oxygen atoms in total. The number of carbonyl (C=O) groups excluding carboxylic acids is 3. The minimum atomic E-state index is -1.08. The van der Waals surface area contributed by atoms with Gasteiger partial charge in [0, 0.05) is 17.5 Å². The van der Waals surface area contributed by atoms with Crippen molar-refractivity contribution in [2.75, 3.05) is 7.11 Å². The molecule has 34 heavy (non-hydrogen) atoms. The van der Waals surface area contributed by atoms with Crippen LogP contribution in [0, 0.1) is 5.92 Å². The number of hydrogen-bond acceptors (Lipinski definition) is 6. The number of amides is 1. The smallest absolute Gasteiger partial charge is 0.344 e. The summed E-state index contributed by atoms with van der Waals surface area (Å²) < 4.78 is 10.8. The van der Waals surface area contributed by atoms with Gasteiger partial charge in [-0.2, -0.15) is 0 Å². The first-order chi connectivity index (χ1) is 16.2.